The lowest BCUT2D eigenvalue weighted by Crippen LogP contribution is -2.50. The van der Waals surface area contributed by atoms with Crippen LogP contribution in [-0.2, 0) is 25.2 Å². The number of carbonyl (C=O) groups is 3. The Morgan fingerprint density at radius 2 is 1.12 bits per heavy atom. The number of nitrogens with one attached hydrogen (secondary N) is 1. The molecule has 4 rings (SSSR count). The predicted octanol–water partition coefficient (Wildman–Crippen LogP) is 6.58. The van der Waals surface area contributed by atoms with E-state index < -0.39 is 34.5 Å². The molecule has 2 saturated heterocycles. The van der Waals surface area contributed by atoms with Crippen molar-refractivity contribution in [1.29, 1.82) is 0 Å². The Hall–Kier alpha value is -2.23. The van der Waals surface area contributed by atoms with Crippen LogP contribution < -0.4 is 5.32 Å². The summed E-state index contributed by atoms with van der Waals surface area (Å²) in [4.78, 5) is 37.1. The molecule has 0 saturated carbocycles. The highest BCUT2D eigenvalue weighted by atomic mass is 35.5. The average Bonchev–Trinajstić information content (AvgIpc) is 2.89. The van der Waals surface area contributed by atoms with Gasteiger partial charge in [-0.2, -0.15) is 0 Å². The van der Waals surface area contributed by atoms with Crippen LogP contribution in [0.4, 0.5) is 4.79 Å². The van der Waals surface area contributed by atoms with Gasteiger partial charge in [0.25, 0.3) is 0 Å². The fourth-order valence-electron chi connectivity index (χ4n) is 5.04. The molecular formula is C29H38Cl4N2O6. The normalized spacial score (nSPS) is 17.4. The molecule has 2 heterocycles. The predicted molar refractivity (Wildman–Crippen MR) is 165 cm³/mol. The summed E-state index contributed by atoms with van der Waals surface area (Å²) in [6, 6.07) is 14.0. The monoisotopic (exact) mass is 650 g/mol. The lowest BCUT2D eigenvalue weighted by atomic mass is 9.73. The van der Waals surface area contributed by atoms with Gasteiger partial charge in [0, 0.05) is 23.1 Å². The van der Waals surface area contributed by atoms with Crippen molar-refractivity contribution in [2.24, 2.45) is 0 Å². The molecule has 0 unspecified atom stereocenters. The molecule has 1 amide bonds. The lowest BCUT2D eigenvalue weighted by Gasteiger charge is -2.39. The molecular weight excluding hydrogens is 614 g/mol. The molecule has 0 radical (unpaired) electrons. The highest BCUT2D eigenvalue weighted by Crippen LogP contribution is 2.37. The Bertz CT molecular complexity index is 1160. The largest absolute Gasteiger partial charge is 0.481 e. The van der Waals surface area contributed by atoms with Crippen LogP contribution in [0.5, 0.6) is 0 Å². The first-order valence-electron chi connectivity index (χ1n) is 13.0. The molecule has 2 aromatic rings. The highest BCUT2D eigenvalue weighted by molar-refractivity contribution is 6.30. The maximum absolute atomic E-state index is 12.1. The number of carboxylic acids is 2. The van der Waals surface area contributed by atoms with E-state index in [1.807, 2.05) is 32.9 Å². The van der Waals surface area contributed by atoms with Gasteiger partial charge in [-0.25, -0.2) is 4.79 Å². The first-order chi connectivity index (χ1) is 18.3. The first-order valence-corrected chi connectivity index (χ1v) is 13.7. The second-order valence-electron chi connectivity index (χ2n) is 11.0. The summed E-state index contributed by atoms with van der Waals surface area (Å²) in [5, 5.41) is 23.6. The lowest BCUT2D eigenvalue weighted by molar-refractivity contribution is -0.146. The van der Waals surface area contributed by atoms with Gasteiger partial charge in [-0.05, 0) is 94.9 Å². The Balaban J connectivity index is 0.000000413. The molecule has 2 aliphatic heterocycles. The summed E-state index contributed by atoms with van der Waals surface area (Å²) in [7, 11) is 0. The van der Waals surface area contributed by atoms with Gasteiger partial charge in [-0.3, -0.25) is 9.59 Å². The van der Waals surface area contributed by atoms with Crippen molar-refractivity contribution in [1.82, 2.24) is 10.2 Å². The fraction of sp³-hybridized carbons (Fsp3) is 0.483. The standard InChI is InChI=1S/C17H22ClNO4.C12H14ClNO2.2ClH/c1-16(2,3)23-15(22)19-10-8-17(9-11-19,14(20)21)12-4-6-13(18)7-5-12;13-10-3-1-9(2-4-10)12(11(15)16)5-7-14-8-6-12;;/h4-7H,8-11H2,1-3H3,(H,20,21);1-4,14H,5-8H2,(H,15,16);2*1H. The van der Waals surface area contributed by atoms with Crippen LogP contribution in [0.3, 0.4) is 0 Å². The number of ether oxygens (including phenoxy) is 1. The molecule has 3 N–H and O–H groups in total. The molecule has 8 nitrogen and oxygen atoms in total. The summed E-state index contributed by atoms with van der Waals surface area (Å²) in [6.07, 6.45) is 1.56. The summed E-state index contributed by atoms with van der Waals surface area (Å²) in [5.41, 5.74) is -0.711. The number of amides is 1. The van der Waals surface area contributed by atoms with Gasteiger partial charge in [0.15, 0.2) is 0 Å². The topological polar surface area (TPSA) is 116 Å². The molecule has 0 aliphatic carbocycles. The van der Waals surface area contributed by atoms with Gasteiger partial charge in [-0.1, -0.05) is 47.5 Å². The minimum atomic E-state index is -0.983. The summed E-state index contributed by atoms with van der Waals surface area (Å²) in [5.74, 6) is -1.61. The number of rotatable bonds is 4. The Morgan fingerprint density at radius 3 is 1.46 bits per heavy atom. The summed E-state index contributed by atoms with van der Waals surface area (Å²) in [6.45, 7) is 7.62. The molecule has 12 heteroatoms. The highest BCUT2D eigenvalue weighted by Gasteiger charge is 2.44. The van der Waals surface area contributed by atoms with Crippen LogP contribution in [0.2, 0.25) is 10.0 Å². The van der Waals surface area contributed by atoms with Crippen molar-refractivity contribution < 1.29 is 29.3 Å². The zero-order valence-electron chi connectivity index (χ0n) is 23.3. The quantitative estimate of drug-likeness (QED) is 0.342. The molecule has 0 aromatic heterocycles. The number of benzene rings is 2. The van der Waals surface area contributed by atoms with Crippen molar-refractivity contribution in [2.75, 3.05) is 26.2 Å². The zero-order chi connectivity index (χ0) is 28.8. The second kappa shape index (κ2) is 15.3. The number of aliphatic carboxylic acids is 2. The van der Waals surface area contributed by atoms with E-state index in [1.54, 1.807) is 41.3 Å². The van der Waals surface area contributed by atoms with Gasteiger partial charge in [0.1, 0.15) is 5.60 Å². The Kier molecular flexibility index (Phi) is 13.7. The van der Waals surface area contributed by atoms with Crippen molar-refractivity contribution in [3.63, 3.8) is 0 Å². The van der Waals surface area contributed by atoms with Crippen molar-refractivity contribution >= 4 is 66.0 Å². The van der Waals surface area contributed by atoms with E-state index in [-0.39, 0.29) is 24.8 Å². The third-order valence-electron chi connectivity index (χ3n) is 7.34. The number of piperidine rings is 2. The van der Waals surface area contributed by atoms with E-state index in [0.29, 0.717) is 48.8 Å². The van der Waals surface area contributed by atoms with E-state index in [4.69, 9.17) is 27.9 Å². The second-order valence-corrected chi connectivity index (χ2v) is 11.9. The Labute approximate surface area is 263 Å². The minimum Gasteiger partial charge on any atom is -0.481 e. The van der Waals surface area contributed by atoms with Gasteiger partial charge >= 0.3 is 18.0 Å². The van der Waals surface area contributed by atoms with Crippen molar-refractivity contribution in [2.45, 2.75) is 62.9 Å². The maximum Gasteiger partial charge on any atom is 0.410 e. The third-order valence-corrected chi connectivity index (χ3v) is 7.84. The van der Waals surface area contributed by atoms with Crippen molar-refractivity contribution in [3.05, 3.63) is 69.7 Å². The van der Waals surface area contributed by atoms with E-state index in [0.717, 1.165) is 24.2 Å². The maximum atomic E-state index is 12.1. The molecule has 0 spiro atoms. The minimum absolute atomic E-state index is 0. The number of nitrogens with zero attached hydrogens (tertiary/aromatic N) is 1. The molecule has 228 valence electrons. The number of carboxylic acid groups (broad SMARTS) is 2. The van der Waals surface area contributed by atoms with E-state index >= 15 is 0 Å². The smallest absolute Gasteiger partial charge is 0.410 e. The zero-order valence-corrected chi connectivity index (χ0v) is 26.5. The van der Waals surface area contributed by atoms with E-state index in [9.17, 15) is 24.6 Å². The van der Waals surface area contributed by atoms with Crippen LogP contribution in [0.15, 0.2) is 48.5 Å². The van der Waals surface area contributed by atoms with Gasteiger partial charge in [-0.15, -0.1) is 24.8 Å². The SMILES string of the molecule is CC(C)(C)OC(=O)N1CCC(C(=O)O)(c2ccc(Cl)cc2)CC1.Cl.Cl.O=C(O)C1(c2ccc(Cl)cc2)CCNCC1. The molecule has 2 aliphatic rings. The van der Waals surface area contributed by atoms with E-state index in [2.05, 4.69) is 5.32 Å². The van der Waals surface area contributed by atoms with Crippen LogP contribution in [0.25, 0.3) is 0 Å². The fourth-order valence-corrected chi connectivity index (χ4v) is 5.29. The van der Waals surface area contributed by atoms with Gasteiger partial charge in [0.2, 0.25) is 0 Å². The molecule has 41 heavy (non-hydrogen) atoms. The number of carbonyl (C=O) groups excluding carboxylic acids is 1. The number of hydrogen-bond acceptors (Lipinski definition) is 5. The van der Waals surface area contributed by atoms with Gasteiger partial charge < -0.3 is 25.2 Å². The first kappa shape index (κ1) is 36.8. The third kappa shape index (κ3) is 9.13. The number of halogens is 4. The van der Waals surface area contributed by atoms with E-state index in [1.165, 1.54) is 0 Å². The van der Waals surface area contributed by atoms with Crippen LogP contribution in [-0.4, -0.2) is 64.9 Å². The van der Waals surface area contributed by atoms with Crippen molar-refractivity contribution in [3.8, 4) is 0 Å². The Morgan fingerprint density at radius 1 is 0.756 bits per heavy atom. The number of hydrogen-bond donors (Lipinski definition) is 3. The molecule has 2 fully saturated rings. The number of likely N-dealkylation sites (tertiary alicyclic amines) is 1. The summed E-state index contributed by atoms with van der Waals surface area (Å²) < 4.78 is 5.35. The van der Waals surface area contributed by atoms with Crippen LogP contribution in [0.1, 0.15) is 57.6 Å². The average molecular weight is 652 g/mol. The molecule has 2 aromatic carbocycles. The van der Waals surface area contributed by atoms with Crippen LogP contribution in [0, 0.1) is 0 Å². The van der Waals surface area contributed by atoms with Gasteiger partial charge in [0.05, 0.1) is 10.8 Å². The molecule has 0 bridgehead atoms. The summed E-state index contributed by atoms with van der Waals surface area (Å²) >= 11 is 11.7. The molecule has 0 atom stereocenters. The van der Waals surface area contributed by atoms with Crippen LogP contribution >= 0.6 is 48.0 Å².